The fourth-order valence-corrected chi connectivity index (χ4v) is 2.26. The van der Waals surface area contributed by atoms with Crippen LogP contribution < -0.4 is 10.5 Å². The second-order valence-corrected chi connectivity index (χ2v) is 5.14. The minimum Gasteiger partial charge on any atom is -0.383 e. The third kappa shape index (κ3) is 2.45. The number of aryl methyl sites for hydroxylation is 1. The van der Waals surface area contributed by atoms with Crippen LogP contribution in [-0.2, 0) is 16.6 Å². The summed E-state index contributed by atoms with van der Waals surface area (Å²) in [5, 5.41) is 9.54. The molecule has 0 saturated heterocycles. The number of hydrogen-bond donors (Lipinski definition) is 3. The summed E-state index contributed by atoms with van der Waals surface area (Å²) in [5.41, 5.74) is 6.11. The molecule has 9 heteroatoms. The molecule has 2 heterocycles. The van der Waals surface area contributed by atoms with Crippen LogP contribution in [-0.4, -0.2) is 23.8 Å². The summed E-state index contributed by atoms with van der Waals surface area (Å²) in [6.07, 6.45) is 1.14. The Balaban J connectivity index is 2.11. The first-order valence-electron chi connectivity index (χ1n) is 4.70. The van der Waals surface area contributed by atoms with E-state index in [-0.39, 0.29) is 17.3 Å². The summed E-state index contributed by atoms with van der Waals surface area (Å²) in [4.78, 5) is -0.0891. The van der Waals surface area contributed by atoms with Crippen molar-refractivity contribution in [2.75, 3.05) is 5.73 Å². The molecule has 0 aliphatic rings. The Bertz CT molecular complexity index is 615. The van der Waals surface area contributed by atoms with Gasteiger partial charge in [-0.25, -0.2) is 13.1 Å². The predicted octanol–water partition coefficient (Wildman–Crippen LogP) is -0.233. The second-order valence-electron chi connectivity index (χ2n) is 3.41. The highest BCUT2D eigenvalue weighted by atomic mass is 32.2. The molecule has 92 valence electrons. The quantitative estimate of drug-likeness (QED) is 0.694. The number of sulfonamides is 1. The Morgan fingerprint density at radius 1 is 1.59 bits per heavy atom. The largest absolute Gasteiger partial charge is 0.383 e. The van der Waals surface area contributed by atoms with Gasteiger partial charge in [-0.1, -0.05) is 5.16 Å². The normalized spacial score (nSPS) is 11.8. The van der Waals surface area contributed by atoms with Crippen LogP contribution >= 0.6 is 0 Å². The van der Waals surface area contributed by atoms with E-state index < -0.39 is 10.0 Å². The summed E-state index contributed by atoms with van der Waals surface area (Å²) in [5.74, 6) is 0.416. The van der Waals surface area contributed by atoms with Gasteiger partial charge in [-0.15, -0.1) is 0 Å². The summed E-state index contributed by atoms with van der Waals surface area (Å²) < 4.78 is 30.8. The van der Waals surface area contributed by atoms with E-state index in [2.05, 4.69) is 20.1 Å². The first-order chi connectivity index (χ1) is 7.99. The number of nitrogen functional groups attached to an aromatic ring is 1. The number of H-pyrrole nitrogens is 1. The number of aromatic nitrogens is 3. The molecule has 2 rings (SSSR count). The van der Waals surface area contributed by atoms with E-state index in [0.717, 1.165) is 6.20 Å². The van der Waals surface area contributed by atoms with Crippen LogP contribution in [0.15, 0.2) is 21.7 Å². The second kappa shape index (κ2) is 4.18. The third-order valence-corrected chi connectivity index (χ3v) is 3.46. The Hall–Kier alpha value is -1.87. The summed E-state index contributed by atoms with van der Waals surface area (Å²) in [7, 11) is -3.69. The zero-order chi connectivity index (χ0) is 12.5. The standard InChI is InChI=1S/C8H11N5O3S/c1-5-2-6(16-13-5)3-11-17(14,15)7-4-10-12-8(7)9/h2,4,11H,3H2,1H3,(H3,9,10,12). The molecule has 0 spiro atoms. The van der Waals surface area contributed by atoms with Crippen molar-refractivity contribution in [3.05, 3.63) is 23.7 Å². The lowest BCUT2D eigenvalue weighted by Crippen LogP contribution is -2.23. The number of nitrogens with one attached hydrogen (secondary N) is 2. The molecular formula is C8H11N5O3S. The number of anilines is 1. The predicted molar refractivity (Wildman–Crippen MR) is 58.3 cm³/mol. The molecule has 0 atom stereocenters. The van der Waals surface area contributed by atoms with Crippen molar-refractivity contribution in [1.29, 1.82) is 0 Å². The molecule has 0 radical (unpaired) electrons. The zero-order valence-electron chi connectivity index (χ0n) is 8.97. The summed E-state index contributed by atoms with van der Waals surface area (Å²) >= 11 is 0. The van der Waals surface area contributed by atoms with Gasteiger partial charge < -0.3 is 10.3 Å². The van der Waals surface area contributed by atoms with Crippen molar-refractivity contribution in [2.24, 2.45) is 0 Å². The maximum Gasteiger partial charge on any atom is 0.246 e. The van der Waals surface area contributed by atoms with Gasteiger partial charge in [0.15, 0.2) is 5.76 Å². The van der Waals surface area contributed by atoms with E-state index in [9.17, 15) is 8.42 Å². The van der Waals surface area contributed by atoms with Crippen molar-refractivity contribution in [3.8, 4) is 0 Å². The number of rotatable bonds is 4. The van der Waals surface area contributed by atoms with Crippen LogP contribution in [0, 0.1) is 6.92 Å². The molecule has 17 heavy (non-hydrogen) atoms. The maximum atomic E-state index is 11.8. The smallest absolute Gasteiger partial charge is 0.246 e. The van der Waals surface area contributed by atoms with Gasteiger partial charge in [-0.3, -0.25) is 5.10 Å². The molecule has 0 fully saturated rings. The average molecular weight is 257 g/mol. The monoisotopic (exact) mass is 257 g/mol. The van der Waals surface area contributed by atoms with Gasteiger partial charge in [0.05, 0.1) is 18.4 Å². The highest BCUT2D eigenvalue weighted by Crippen LogP contribution is 2.14. The van der Waals surface area contributed by atoms with Gasteiger partial charge in [0, 0.05) is 6.07 Å². The molecule has 0 aliphatic heterocycles. The van der Waals surface area contributed by atoms with Gasteiger partial charge in [0.1, 0.15) is 10.7 Å². The fraction of sp³-hybridized carbons (Fsp3) is 0.250. The molecule has 0 saturated carbocycles. The van der Waals surface area contributed by atoms with Crippen molar-refractivity contribution in [1.82, 2.24) is 20.1 Å². The van der Waals surface area contributed by atoms with E-state index in [4.69, 9.17) is 10.3 Å². The molecule has 0 bridgehead atoms. The Labute approximate surface area is 97.2 Å². The minimum absolute atomic E-state index is 0.00773. The topological polar surface area (TPSA) is 127 Å². The SMILES string of the molecule is Cc1cc(CNS(=O)(=O)c2cn[nH]c2N)on1. The lowest BCUT2D eigenvalue weighted by Gasteiger charge is -2.02. The van der Waals surface area contributed by atoms with Gasteiger partial charge >= 0.3 is 0 Å². The van der Waals surface area contributed by atoms with Crippen LogP contribution in [0.4, 0.5) is 5.82 Å². The molecule has 2 aromatic rings. The lowest BCUT2D eigenvalue weighted by atomic mass is 10.4. The minimum atomic E-state index is -3.69. The van der Waals surface area contributed by atoms with Crippen LogP contribution in [0.5, 0.6) is 0 Å². The van der Waals surface area contributed by atoms with E-state index in [1.54, 1.807) is 13.0 Å². The zero-order valence-corrected chi connectivity index (χ0v) is 9.78. The van der Waals surface area contributed by atoms with Crippen LogP contribution in [0.1, 0.15) is 11.5 Å². The van der Waals surface area contributed by atoms with Crippen LogP contribution in [0.25, 0.3) is 0 Å². The Morgan fingerprint density at radius 2 is 2.35 bits per heavy atom. The first kappa shape index (κ1) is 11.6. The summed E-state index contributed by atoms with van der Waals surface area (Å²) in [6, 6.07) is 1.64. The third-order valence-electron chi connectivity index (χ3n) is 2.03. The average Bonchev–Trinajstić information content (AvgIpc) is 2.85. The number of hydrogen-bond acceptors (Lipinski definition) is 6. The lowest BCUT2D eigenvalue weighted by molar-refractivity contribution is 0.377. The fourth-order valence-electron chi connectivity index (χ4n) is 1.24. The van der Waals surface area contributed by atoms with E-state index in [1.165, 1.54) is 0 Å². The molecule has 8 nitrogen and oxygen atoms in total. The van der Waals surface area contributed by atoms with Gasteiger partial charge in [0.25, 0.3) is 0 Å². The van der Waals surface area contributed by atoms with Crippen molar-refractivity contribution < 1.29 is 12.9 Å². The van der Waals surface area contributed by atoms with Crippen molar-refractivity contribution >= 4 is 15.8 Å². The van der Waals surface area contributed by atoms with Crippen LogP contribution in [0.2, 0.25) is 0 Å². The number of nitrogens with zero attached hydrogens (tertiary/aromatic N) is 2. The van der Waals surface area contributed by atoms with E-state index in [0.29, 0.717) is 11.5 Å². The molecule has 2 aromatic heterocycles. The van der Waals surface area contributed by atoms with Crippen LogP contribution in [0.3, 0.4) is 0 Å². The number of aromatic amines is 1. The van der Waals surface area contributed by atoms with Gasteiger partial charge in [-0.05, 0) is 6.92 Å². The molecule has 0 unspecified atom stereocenters. The summed E-state index contributed by atoms with van der Waals surface area (Å²) in [6.45, 7) is 1.75. The maximum absolute atomic E-state index is 11.8. The molecule has 4 N–H and O–H groups in total. The highest BCUT2D eigenvalue weighted by molar-refractivity contribution is 7.89. The highest BCUT2D eigenvalue weighted by Gasteiger charge is 2.19. The van der Waals surface area contributed by atoms with Gasteiger partial charge in [-0.2, -0.15) is 5.10 Å². The Morgan fingerprint density at radius 3 is 2.88 bits per heavy atom. The van der Waals surface area contributed by atoms with E-state index >= 15 is 0 Å². The molecular weight excluding hydrogens is 246 g/mol. The number of nitrogens with two attached hydrogens (primary N) is 1. The molecule has 0 amide bonds. The molecule has 0 aromatic carbocycles. The molecule has 0 aliphatic carbocycles. The Kier molecular flexibility index (Phi) is 2.86. The van der Waals surface area contributed by atoms with Crippen molar-refractivity contribution in [2.45, 2.75) is 18.4 Å². The van der Waals surface area contributed by atoms with Gasteiger partial charge in [0.2, 0.25) is 10.0 Å². The first-order valence-corrected chi connectivity index (χ1v) is 6.18. The van der Waals surface area contributed by atoms with Crippen molar-refractivity contribution in [3.63, 3.8) is 0 Å². The van der Waals surface area contributed by atoms with E-state index in [1.807, 2.05) is 0 Å².